The van der Waals surface area contributed by atoms with Crippen LogP contribution in [0.5, 0.6) is 0 Å². The molecule has 0 N–H and O–H groups in total. The van der Waals surface area contributed by atoms with Gasteiger partial charge in [-0.05, 0) is 37.8 Å². The van der Waals surface area contributed by atoms with Crippen LogP contribution in [0.3, 0.4) is 0 Å². The molecule has 0 aromatic heterocycles. The number of carbonyl (C=O) groups excluding carboxylic acids is 4. The SMILES string of the molecule is CCCC[C@H](OC(=O)CN1CCOCC1)c1ccccc1C(=O)O[C@H]1CO[C@H]2[C@@H]1OC[C@H]2OC(=O)c1ccccc1[C@H](CCCC)OC(=O)CN1CCOCC1. The summed E-state index contributed by atoms with van der Waals surface area (Å²) in [4.78, 5) is 57.6. The first kappa shape index (κ1) is 41.7. The van der Waals surface area contributed by atoms with Gasteiger partial charge in [0.15, 0.2) is 12.2 Å². The van der Waals surface area contributed by atoms with Crippen molar-refractivity contribution in [3.05, 3.63) is 70.8 Å². The fourth-order valence-corrected chi connectivity index (χ4v) is 7.57. The number of esters is 4. The van der Waals surface area contributed by atoms with Gasteiger partial charge in [-0.1, -0.05) is 63.1 Å². The van der Waals surface area contributed by atoms with Gasteiger partial charge < -0.3 is 37.9 Å². The van der Waals surface area contributed by atoms with Crippen LogP contribution in [0.4, 0.5) is 0 Å². The van der Waals surface area contributed by atoms with Crippen LogP contribution in [0.25, 0.3) is 0 Å². The molecule has 4 fully saturated rings. The van der Waals surface area contributed by atoms with Crippen LogP contribution in [0.15, 0.2) is 48.5 Å². The first-order valence-electron chi connectivity index (χ1n) is 20.2. The standard InChI is InChI=1S/C42H56N2O12/c1-3-5-15-33(53-37(45)25-43-17-21-49-22-18-43)29-11-7-9-13-31(29)41(47)55-35-27-51-40-36(28-52-39(35)40)56-42(48)32-14-10-8-12-30(32)34(16-6-4-2)54-38(46)26-44-19-23-50-24-20-44/h7-14,33-36,39-40H,3-6,15-28H2,1-2H3/t33-,34-,35-,36+,39+,40+/m0/s1. The van der Waals surface area contributed by atoms with E-state index >= 15 is 0 Å². The normalized spacial score (nSPS) is 23.8. The van der Waals surface area contributed by atoms with Crippen molar-refractivity contribution >= 4 is 23.9 Å². The highest BCUT2D eigenvalue weighted by Gasteiger charge is 2.51. The average molecular weight is 781 g/mol. The summed E-state index contributed by atoms with van der Waals surface area (Å²) in [7, 11) is 0. The topological polar surface area (TPSA) is 149 Å². The van der Waals surface area contributed by atoms with Crippen LogP contribution in [-0.4, -0.2) is 137 Å². The number of unbranched alkanes of at least 4 members (excludes halogenated alkanes) is 2. The quantitative estimate of drug-likeness (QED) is 0.155. The van der Waals surface area contributed by atoms with Crippen molar-refractivity contribution in [3.63, 3.8) is 0 Å². The maximum atomic E-state index is 13.8. The number of nitrogens with zero attached hydrogens (tertiary/aromatic N) is 2. The van der Waals surface area contributed by atoms with Crippen molar-refractivity contribution in [2.75, 3.05) is 78.9 Å². The van der Waals surface area contributed by atoms with E-state index in [1.54, 1.807) is 36.4 Å². The van der Waals surface area contributed by atoms with Crippen LogP contribution in [0.1, 0.15) is 96.4 Å². The zero-order chi connectivity index (χ0) is 39.3. The Labute approximate surface area is 328 Å². The number of morpholine rings is 2. The van der Waals surface area contributed by atoms with Gasteiger partial charge in [0.25, 0.3) is 0 Å². The van der Waals surface area contributed by atoms with Crippen LogP contribution >= 0.6 is 0 Å². The van der Waals surface area contributed by atoms with Crippen LogP contribution < -0.4 is 0 Å². The van der Waals surface area contributed by atoms with E-state index < -0.39 is 48.6 Å². The molecule has 2 aromatic carbocycles. The van der Waals surface area contributed by atoms with Crippen molar-refractivity contribution in [3.8, 4) is 0 Å². The maximum absolute atomic E-state index is 13.8. The summed E-state index contributed by atoms with van der Waals surface area (Å²) in [6.45, 7) is 9.45. The fraction of sp³-hybridized carbons (Fsp3) is 0.619. The molecule has 2 aromatic rings. The number of benzene rings is 2. The van der Waals surface area contributed by atoms with E-state index in [9.17, 15) is 19.2 Å². The van der Waals surface area contributed by atoms with Crippen LogP contribution in [-0.2, 0) is 47.5 Å². The molecule has 6 atom stereocenters. The zero-order valence-corrected chi connectivity index (χ0v) is 32.6. The number of hydrogen-bond acceptors (Lipinski definition) is 14. The molecule has 14 nitrogen and oxygen atoms in total. The van der Waals surface area contributed by atoms with Gasteiger partial charge in [-0.15, -0.1) is 0 Å². The third-order valence-corrected chi connectivity index (χ3v) is 10.6. The first-order chi connectivity index (χ1) is 27.3. The molecule has 0 radical (unpaired) electrons. The van der Waals surface area contributed by atoms with Gasteiger partial charge >= 0.3 is 23.9 Å². The van der Waals surface area contributed by atoms with Crippen molar-refractivity contribution in [2.45, 2.75) is 89.0 Å². The second kappa shape index (κ2) is 21.0. The minimum Gasteiger partial charge on any atom is -0.457 e. The molecular weight excluding hydrogens is 724 g/mol. The summed E-state index contributed by atoms with van der Waals surface area (Å²) in [5.74, 6) is -1.88. The lowest BCUT2D eigenvalue weighted by atomic mass is 9.98. The smallest absolute Gasteiger partial charge is 0.339 e. The Kier molecular flexibility index (Phi) is 15.7. The molecule has 0 saturated carbocycles. The highest BCUT2D eigenvalue weighted by atomic mass is 16.7. The highest BCUT2D eigenvalue weighted by molar-refractivity contribution is 5.92. The number of fused-ring (bicyclic) bond motifs is 1. The molecule has 0 bridgehead atoms. The molecule has 6 rings (SSSR count). The molecule has 0 aliphatic carbocycles. The molecule has 4 aliphatic heterocycles. The molecule has 4 aliphatic rings. The summed E-state index contributed by atoms with van der Waals surface area (Å²) in [5, 5.41) is 0. The zero-order valence-electron chi connectivity index (χ0n) is 32.6. The summed E-state index contributed by atoms with van der Waals surface area (Å²) in [6, 6.07) is 14.1. The largest absolute Gasteiger partial charge is 0.457 e. The number of carbonyl (C=O) groups is 4. The summed E-state index contributed by atoms with van der Waals surface area (Å²) in [6.07, 6.45) is 0.455. The molecule has 0 amide bonds. The second-order valence-electron chi connectivity index (χ2n) is 14.7. The predicted octanol–water partition coefficient (Wildman–Crippen LogP) is 4.45. The monoisotopic (exact) mass is 780 g/mol. The summed E-state index contributed by atoms with van der Waals surface area (Å²) >= 11 is 0. The number of ether oxygens (including phenoxy) is 8. The van der Waals surface area contributed by atoms with E-state index in [1.807, 2.05) is 21.9 Å². The molecule has 14 heteroatoms. The Morgan fingerprint density at radius 2 is 1.02 bits per heavy atom. The lowest BCUT2D eigenvalue weighted by molar-refractivity contribution is -0.153. The van der Waals surface area contributed by atoms with Crippen molar-refractivity contribution in [2.24, 2.45) is 0 Å². The highest BCUT2D eigenvalue weighted by Crippen LogP contribution is 2.34. The minimum atomic E-state index is -0.751. The lowest BCUT2D eigenvalue weighted by Gasteiger charge is -2.27. The van der Waals surface area contributed by atoms with E-state index in [1.165, 1.54) is 0 Å². The Morgan fingerprint density at radius 3 is 1.41 bits per heavy atom. The Morgan fingerprint density at radius 1 is 0.625 bits per heavy atom. The Hall–Kier alpha value is -3.92. The second-order valence-corrected chi connectivity index (χ2v) is 14.7. The predicted molar refractivity (Wildman–Crippen MR) is 202 cm³/mol. The third kappa shape index (κ3) is 11.1. The van der Waals surface area contributed by atoms with Crippen molar-refractivity contribution in [1.82, 2.24) is 9.80 Å². The third-order valence-electron chi connectivity index (χ3n) is 10.6. The van der Waals surface area contributed by atoms with Gasteiger partial charge in [0.05, 0.1) is 63.9 Å². The van der Waals surface area contributed by atoms with Gasteiger partial charge in [-0.25, -0.2) is 9.59 Å². The van der Waals surface area contributed by atoms with E-state index in [4.69, 9.17) is 37.9 Å². The molecule has 0 spiro atoms. The van der Waals surface area contributed by atoms with Crippen molar-refractivity contribution < 1.29 is 57.1 Å². The molecule has 306 valence electrons. The molecule has 4 saturated heterocycles. The Balaban J connectivity index is 1.08. The lowest BCUT2D eigenvalue weighted by Crippen LogP contribution is -2.40. The summed E-state index contributed by atoms with van der Waals surface area (Å²) < 4.78 is 46.9. The minimum absolute atomic E-state index is 0.0554. The number of rotatable bonds is 18. The van der Waals surface area contributed by atoms with E-state index in [0.29, 0.717) is 87.7 Å². The average Bonchev–Trinajstić information content (AvgIpc) is 3.81. The van der Waals surface area contributed by atoms with Crippen molar-refractivity contribution in [1.29, 1.82) is 0 Å². The van der Waals surface area contributed by atoms with E-state index in [0.717, 1.165) is 25.7 Å². The van der Waals surface area contributed by atoms with E-state index in [2.05, 4.69) is 13.8 Å². The first-order valence-corrected chi connectivity index (χ1v) is 20.2. The van der Waals surface area contributed by atoms with Gasteiger partial charge in [0.1, 0.15) is 24.4 Å². The van der Waals surface area contributed by atoms with Gasteiger partial charge in [-0.3, -0.25) is 19.4 Å². The molecular formula is C42H56N2O12. The summed E-state index contributed by atoms with van der Waals surface area (Å²) in [5.41, 5.74) is 1.77. The fourth-order valence-electron chi connectivity index (χ4n) is 7.57. The van der Waals surface area contributed by atoms with Gasteiger partial charge in [-0.2, -0.15) is 0 Å². The molecule has 0 unspecified atom stereocenters. The molecule has 56 heavy (non-hydrogen) atoms. The Bertz CT molecular complexity index is 1490. The maximum Gasteiger partial charge on any atom is 0.339 e. The van der Waals surface area contributed by atoms with Crippen LogP contribution in [0, 0.1) is 0 Å². The van der Waals surface area contributed by atoms with E-state index in [-0.39, 0.29) is 38.2 Å². The van der Waals surface area contributed by atoms with Gasteiger partial charge in [0, 0.05) is 37.3 Å². The number of hydrogen-bond donors (Lipinski definition) is 0. The molecule has 4 heterocycles. The van der Waals surface area contributed by atoms with Gasteiger partial charge in [0.2, 0.25) is 0 Å². The van der Waals surface area contributed by atoms with Crippen LogP contribution in [0.2, 0.25) is 0 Å².